The van der Waals surface area contributed by atoms with Crippen molar-refractivity contribution in [1.82, 2.24) is 0 Å². The molecule has 76 valence electrons. The molecule has 0 unspecified atom stereocenters. The lowest BCUT2D eigenvalue weighted by atomic mass is 10.2. The van der Waals surface area contributed by atoms with Crippen LogP contribution in [0.25, 0.3) is 0 Å². The molecule has 0 aliphatic heterocycles. The van der Waals surface area contributed by atoms with Crippen LogP contribution in [0, 0.1) is 0 Å². The normalized spacial score (nSPS) is 9.79. The molecule has 14 heavy (non-hydrogen) atoms. The van der Waals surface area contributed by atoms with Gasteiger partial charge in [-0.05, 0) is 18.3 Å². The smallest absolute Gasteiger partial charge is 0.0417 e. The first-order valence-electron chi connectivity index (χ1n) is 5.22. The first-order valence-corrected chi connectivity index (χ1v) is 5.79. The maximum absolute atomic E-state index is 3.44. The van der Waals surface area contributed by atoms with Crippen LogP contribution in [0.4, 0.5) is 5.69 Å². The summed E-state index contributed by atoms with van der Waals surface area (Å²) in [5, 5.41) is 3.44. The van der Waals surface area contributed by atoms with Crippen LogP contribution in [0.15, 0.2) is 24.3 Å². The van der Waals surface area contributed by atoms with Gasteiger partial charge in [-0.3, -0.25) is 0 Å². The van der Waals surface area contributed by atoms with Gasteiger partial charge < -0.3 is 5.32 Å². The summed E-state index contributed by atoms with van der Waals surface area (Å²) in [7, 11) is 3.41. The third-order valence-corrected chi connectivity index (χ3v) is 2.52. The van der Waals surface area contributed by atoms with E-state index >= 15 is 0 Å². The van der Waals surface area contributed by atoms with Crippen LogP contribution in [0.2, 0.25) is 0 Å². The molecule has 0 aliphatic rings. The summed E-state index contributed by atoms with van der Waals surface area (Å²) in [4.78, 5) is 0. The van der Waals surface area contributed by atoms with Gasteiger partial charge in [0.25, 0.3) is 0 Å². The highest BCUT2D eigenvalue weighted by Crippen LogP contribution is 2.13. The van der Waals surface area contributed by atoms with Crippen molar-refractivity contribution in [1.29, 1.82) is 0 Å². The van der Waals surface area contributed by atoms with E-state index in [2.05, 4.69) is 39.3 Å². The SMILES string of the molecule is CCCCCNc1ccccc1C=P. The maximum atomic E-state index is 3.44. The number of hydrogen-bond acceptors (Lipinski definition) is 1. The van der Waals surface area contributed by atoms with Crippen LogP contribution in [0.5, 0.6) is 0 Å². The van der Waals surface area contributed by atoms with Gasteiger partial charge in [-0.15, -0.1) is 8.86 Å². The van der Waals surface area contributed by atoms with E-state index in [1.807, 2.05) is 11.9 Å². The molecule has 0 amide bonds. The van der Waals surface area contributed by atoms with Crippen molar-refractivity contribution >= 4 is 20.3 Å². The van der Waals surface area contributed by atoms with Crippen molar-refractivity contribution in [3.63, 3.8) is 0 Å². The number of benzene rings is 1. The topological polar surface area (TPSA) is 12.0 Å². The third-order valence-electron chi connectivity index (χ3n) is 2.21. The Morgan fingerprint density at radius 3 is 2.79 bits per heavy atom. The van der Waals surface area contributed by atoms with Gasteiger partial charge in [0.15, 0.2) is 0 Å². The fourth-order valence-corrected chi connectivity index (χ4v) is 1.63. The van der Waals surface area contributed by atoms with Crippen molar-refractivity contribution in [2.45, 2.75) is 26.2 Å². The molecular formula is C12H18NP. The quantitative estimate of drug-likeness (QED) is 0.555. The molecule has 1 aromatic carbocycles. The highest BCUT2D eigenvalue weighted by molar-refractivity contribution is 7.19. The zero-order chi connectivity index (χ0) is 10.2. The molecule has 1 N–H and O–H groups in total. The summed E-state index contributed by atoms with van der Waals surface area (Å²) in [6.45, 7) is 3.28. The van der Waals surface area contributed by atoms with Crippen molar-refractivity contribution < 1.29 is 0 Å². The molecule has 0 saturated carbocycles. The predicted molar refractivity (Wildman–Crippen MR) is 67.9 cm³/mol. The van der Waals surface area contributed by atoms with Gasteiger partial charge in [-0.1, -0.05) is 38.0 Å². The maximum Gasteiger partial charge on any atom is 0.0417 e. The van der Waals surface area contributed by atoms with E-state index in [-0.39, 0.29) is 0 Å². The molecular weight excluding hydrogens is 189 g/mol. The number of hydrogen-bond donors (Lipinski definition) is 1. The number of para-hydroxylation sites is 1. The zero-order valence-electron chi connectivity index (χ0n) is 8.72. The molecule has 1 aromatic rings. The van der Waals surface area contributed by atoms with E-state index in [9.17, 15) is 0 Å². The van der Waals surface area contributed by atoms with E-state index in [4.69, 9.17) is 0 Å². The van der Waals surface area contributed by atoms with Gasteiger partial charge in [-0.2, -0.15) is 0 Å². The molecule has 0 saturated heterocycles. The van der Waals surface area contributed by atoms with Crippen LogP contribution in [0.3, 0.4) is 0 Å². The number of unbranched alkanes of at least 4 members (excludes halogenated alkanes) is 2. The monoisotopic (exact) mass is 207 g/mol. The van der Waals surface area contributed by atoms with Crippen LogP contribution in [-0.4, -0.2) is 12.3 Å². The molecule has 2 heteroatoms. The number of rotatable bonds is 6. The van der Waals surface area contributed by atoms with Crippen LogP contribution < -0.4 is 5.32 Å². The van der Waals surface area contributed by atoms with E-state index in [1.165, 1.54) is 30.5 Å². The van der Waals surface area contributed by atoms with E-state index in [0.717, 1.165) is 6.54 Å². The summed E-state index contributed by atoms with van der Waals surface area (Å²) in [6, 6.07) is 8.30. The average Bonchev–Trinajstić information content (AvgIpc) is 2.25. The minimum atomic E-state index is 1.06. The molecule has 0 atom stereocenters. The minimum absolute atomic E-state index is 1.06. The van der Waals surface area contributed by atoms with E-state index in [1.54, 1.807) is 0 Å². The van der Waals surface area contributed by atoms with Crippen molar-refractivity contribution in [3.05, 3.63) is 29.8 Å². The lowest BCUT2D eigenvalue weighted by Crippen LogP contribution is -2.03. The summed E-state index contributed by atoms with van der Waals surface area (Å²) >= 11 is 0. The fourth-order valence-electron chi connectivity index (χ4n) is 1.38. The molecule has 0 aliphatic carbocycles. The van der Waals surface area contributed by atoms with E-state index < -0.39 is 0 Å². The largest absolute Gasteiger partial charge is 0.385 e. The lowest BCUT2D eigenvalue weighted by Gasteiger charge is -2.08. The first-order chi connectivity index (χ1) is 6.88. The van der Waals surface area contributed by atoms with Gasteiger partial charge in [0.2, 0.25) is 0 Å². The van der Waals surface area contributed by atoms with Gasteiger partial charge in [0.05, 0.1) is 0 Å². The van der Waals surface area contributed by atoms with E-state index in [0.29, 0.717) is 0 Å². The second-order valence-corrected chi connectivity index (χ2v) is 3.65. The van der Waals surface area contributed by atoms with Gasteiger partial charge in [0.1, 0.15) is 0 Å². The zero-order valence-corrected chi connectivity index (χ0v) is 9.72. The molecule has 0 fully saturated rings. The summed E-state index contributed by atoms with van der Waals surface area (Å²) < 4.78 is 0. The highest BCUT2D eigenvalue weighted by atomic mass is 31.0. The minimum Gasteiger partial charge on any atom is -0.385 e. The molecule has 0 heterocycles. The van der Waals surface area contributed by atoms with Gasteiger partial charge in [0, 0.05) is 17.8 Å². The number of nitrogens with one attached hydrogen (secondary N) is 1. The Kier molecular flexibility index (Phi) is 5.32. The van der Waals surface area contributed by atoms with Crippen molar-refractivity contribution in [2.75, 3.05) is 11.9 Å². The first kappa shape index (κ1) is 11.3. The Morgan fingerprint density at radius 1 is 1.29 bits per heavy atom. The molecule has 0 bridgehead atoms. The van der Waals surface area contributed by atoms with Crippen LogP contribution >= 0.6 is 8.86 Å². The van der Waals surface area contributed by atoms with Gasteiger partial charge in [-0.25, -0.2) is 0 Å². The average molecular weight is 207 g/mol. The van der Waals surface area contributed by atoms with Crippen molar-refractivity contribution in [3.8, 4) is 0 Å². The predicted octanol–water partition coefficient (Wildman–Crippen LogP) is 3.58. The molecule has 0 aromatic heterocycles. The van der Waals surface area contributed by atoms with Gasteiger partial charge >= 0.3 is 0 Å². The lowest BCUT2D eigenvalue weighted by molar-refractivity contribution is 0.744. The Hall–Kier alpha value is -0.810. The molecule has 1 nitrogen and oxygen atoms in total. The third kappa shape index (κ3) is 3.51. The molecule has 0 radical (unpaired) electrons. The summed E-state index contributed by atoms with van der Waals surface area (Å²) in [6.07, 6.45) is 3.81. The Labute approximate surface area is 88.8 Å². The fraction of sp³-hybridized carbons (Fsp3) is 0.417. The number of anilines is 1. The molecule has 0 spiro atoms. The van der Waals surface area contributed by atoms with Crippen LogP contribution in [0.1, 0.15) is 31.7 Å². The van der Waals surface area contributed by atoms with Crippen molar-refractivity contribution in [2.24, 2.45) is 0 Å². The second kappa shape index (κ2) is 6.62. The standard InChI is InChI=1S/C12H18NP/c1-2-3-6-9-13-12-8-5-4-7-11(12)10-14/h4-5,7-8,10,13-14H,2-3,6,9H2,1H3. The Balaban J connectivity index is 2.45. The molecule has 1 rings (SSSR count). The Bertz CT molecular complexity index is 283. The summed E-state index contributed by atoms with van der Waals surface area (Å²) in [5.74, 6) is 1.95. The van der Waals surface area contributed by atoms with Crippen LogP contribution in [-0.2, 0) is 0 Å². The highest BCUT2D eigenvalue weighted by Gasteiger charge is 1.95. The Morgan fingerprint density at radius 2 is 2.07 bits per heavy atom. The second-order valence-electron chi connectivity index (χ2n) is 3.37. The summed E-state index contributed by atoms with van der Waals surface area (Å²) in [5.41, 5.74) is 2.42.